The molecule has 0 bridgehead atoms. The quantitative estimate of drug-likeness (QED) is 0.719. The van der Waals surface area contributed by atoms with Gasteiger partial charge in [-0.3, -0.25) is 9.59 Å². The largest absolute Gasteiger partial charge is 0.480 e. The molecule has 6 nitrogen and oxygen atoms in total. The molecule has 4 rings (SSSR count). The fourth-order valence-corrected chi connectivity index (χ4v) is 4.35. The van der Waals surface area contributed by atoms with Gasteiger partial charge in [0.1, 0.15) is 6.04 Å². The summed E-state index contributed by atoms with van der Waals surface area (Å²) >= 11 is 0. The van der Waals surface area contributed by atoms with Crippen LogP contribution in [0.5, 0.6) is 0 Å². The fraction of sp³-hybridized carbons (Fsp3) is 0.292. The van der Waals surface area contributed by atoms with E-state index in [2.05, 4.69) is 11.2 Å². The van der Waals surface area contributed by atoms with E-state index in [4.69, 9.17) is 6.42 Å². The van der Waals surface area contributed by atoms with Gasteiger partial charge in [0.05, 0.1) is 6.54 Å². The molecule has 0 spiro atoms. The lowest BCUT2D eigenvalue weighted by molar-refractivity contribution is -0.147. The molecule has 1 aliphatic heterocycles. The van der Waals surface area contributed by atoms with Gasteiger partial charge in [0.25, 0.3) is 11.8 Å². The van der Waals surface area contributed by atoms with E-state index in [1.807, 2.05) is 0 Å². The molecule has 1 aliphatic carbocycles. The number of nitrogens with one attached hydrogen (secondary N) is 1. The van der Waals surface area contributed by atoms with Crippen molar-refractivity contribution in [3.63, 3.8) is 0 Å². The van der Waals surface area contributed by atoms with Crippen molar-refractivity contribution >= 4 is 17.8 Å². The molecule has 0 unspecified atom stereocenters. The van der Waals surface area contributed by atoms with Gasteiger partial charge >= 0.3 is 5.97 Å². The molecule has 2 atom stereocenters. The average molecular weight is 438 g/mol. The van der Waals surface area contributed by atoms with Crippen molar-refractivity contribution in [2.75, 3.05) is 13.1 Å². The Kier molecular flexibility index (Phi) is 5.00. The summed E-state index contributed by atoms with van der Waals surface area (Å²) in [5.74, 6) is -2.99. The number of hydrogen-bond donors (Lipinski definition) is 2. The van der Waals surface area contributed by atoms with Gasteiger partial charge in [0.15, 0.2) is 0 Å². The van der Waals surface area contributed by atoms with Crippen LogP contribution in [0.2, 0.25) is 0 Å². The number of halogens is 2. The number of hydrogen-bond acceptors (Lipinski definition) is 3. The predicted octanol–water partition coefficient (Wildman–Crippen LogP) is 2.86. The maximum Gasteiger partial charge on any atom is 0.326 e. The zero-order chi connectivity index (χ0) is 23.3. The van der Waals surface area contributed by atoms with Crippen molar-refractivity contribution in [2.24, 2.45) is 5.41 Å². The topological polar surface area (TPSA) is 86.7 Å². The second kappa shape index (κ2) is 7.45. The lowest BCUT2D eigenvalue weighted by Gasteiger charge is -2.22. The Morgan fingerprint density at radius 1 is 1.19 bits per heavy atom. The van der Waals surface area contributed by atoms with Gasteiger partial charge in [0, 0.05) is 28.7 Å². The normalized spacial score (nSPS) is 22.6. The molecule has 164 valence electrons. The van der Waals surface area contributed by atoms with E-state index in [0.717, 1.165) is 4.90 Å². The number of nitrogens with zero attached hydrogens (tertiary/aromatic N) is 1. The van der Waals surface area contributed by atoms with Crippen LogP contribution in [-0.4, -0.2) is 46.9 Å². The number of rotatable bonds is 4. The van der Waals surface area contributed by atoms with Gasteiger partial charge < -0.3 is 15.3 Å². The highest BCUT2D eigenvalue weighted by Gasteiger charge is 2.46. The standard InChI is InChI=1S/C24H20F2N2O4/c1-3-23(2)11-19(22(31)32)28(13-23)20(29)12-27-21(30)14-8-9-18-16(10-14)15-6-4-5-7-17(15)24(18,25)26/h1,4-10,19H,11-13H2,2H3,(H,27,30)(H,31,32)/t19-,23-/m0/s1. The zero-order valence-electron chi connectivity index (χ0n) is 17.2. The summed E-state index contributed by atoms with van der Waals surface area (Å²) in [6, 6.07) is 8.91. The average Bonchev–Trinajstić information content (AvgIpc) is 3.25. The minimum atomic E-state index is -3.15. The smallest absolute Gasteiger partial charge is 0.326 e. The summed E-state index contributed by atoms with van der Waals surface area (Å²) in [6.07, 6.45) is 5.61. The maximum atomic E-state index is 14.7. The van der Waals surface area contributed by atoms with Crippen LogP contribution in [-0.2, 0) is 15.5 Å². The van der Waals surface area contributed by atoms with Gasteiger partial charge in [0.2, 0.25) is 5.91 Å². The van der Waals surface area contributed by atoms with Crippen LogP contribution in [0.15, 0.2) is 42.5 Å². The highest BCUT2D eigenvalue weighted by molar-refractivity contribution is 5.99. The minimum absolute atomic E-state index is 0.0693. The van der Waals surface area contributed by atoms with Gasteiger partial charge in [-0.15, -0.1) is 6.42 Å². The fourth-order valence-electron chi connectivity index (χ4n) is 4.35. The third-order valence-corrected chi connectivity index (χ3v) is 6.07. The van der Waals surface area contributed by atoms with Crippen LogP contribution in [0.3, 0.4) is 0 Å². The number of benzene rings is 2. The molecule has 1 fully saturated rings. The molecule has 2 N–H and O–H groups in total. The number of terminal acetylenes is 1. The number of carboxylic acids is 1. The first-order valence-corrected chi connectivity index (χ1v) is 9.98. The van der Waals surface area contributed by atoms with Crippen LogP contribution < -0.4 is 5.32 Å². The summed E-state index contributed by atoms with van der Waals surface area (Å²) in [4.78, 5) is 37.9. The van der Waals surface area contributed by atoms with Gasteiger partial charge in [-0.25, -0.2) is 4.79 Å². The molecule has 0 saturated carbocycles. The van der Waals surface area contributed by atoms with Crippen LogP contribution in [0.4, 0.5) is 8.78 Å². The number of aliphatic carboxylic acids is 1. The van der Waals surface area contributed by atoms with Gasteiger partial charge in [-0.1, -0.05) is 36.3 Å². The predicted molar refractivity (Wildman–Crippen MR) is 112 cm³/mol. The molecule has 0 radical (unpaired) electrons. The third kappa shape index (κ3) is 3.40. The first-order chi connectivity index (χ1) is 15.1. The number of carbonyl (C=O) groups is 3. The van der Waals surface area contributed by atoms with E-state index in [9.17, 15) is 28.3 Å². The summed E-state index contributed by atoms with van der Waals surface area (Å²) in [5.41, 5.74) is -0.322. The second-order valence-corrected chi connectivity index (χ2v) is 8.35. The van der Waals surface area contributed by atoms with E-state index in [0.29, 0.717) is 5.56 Å². The van der Waals surface area contributed by atoms with Crippen LogP contribution in [0.1, 0.15) is 34.8 Å². The van der Waals surface area contributed by atoms with E-state index in [1.165, 1.54) is 30.3 Å². The summed E-state index contributed by atoms with van der Waals surface area (Å²) in [5, 5.41) is 11.9. The zero-order valence-corrected chi connectivity index (χ0v) is 17.2. The second-order valence-electron chi connectivity index (χ2n) is 8.35. The van der Waals surface area contributed by atoms with E-state index >= 15 is 0 Å². The van der Waals surface area contributed by atoms with Crippen LogP contribution in [0, 0.1) is 17.8 Å². The molecule has 0 aromatic heterocycles. The molecular formula is C24H20F2N2O4. The lowest BCUT2D eigenvalue weighted by atomic mass is 9.89. The molecule has 32 heavy (non-hydrogen) atoms. The maximum absolute atomic E-state index is 14.7. The van der Waals surface area contributed by atoms with Crippen LogP contribution in [0.25, 0.3) is 11.1 Å². The van der Waals surface area contributed by atoms with E-state index in [-0.39, 0.29) is 35.2 Å². The Morgan fingerprint density at radius 2 is 1.88 bits per heavy atom. The monoisotopic (exact) mass is 438 g/mol. The Hall–Kier alpha value is -3.73. The lowest BCUT2D eigenvalue weighted by Crippen LogP contribution is -2.45. The Bertz CT molecular complexity index is 1190. The number of carboxylic acid groups (broad SMARTS) is 1. The van der Waals surface area contributed by atoms with Crippen molar-refractivity contribution in [2.45, 2.75) is 25.3 Å². The molecule has 1 heterocycles. The number of likely N-dealkylation sites (tertiary alicyclic amines) is 1. The number of fused-ring (bicyclic) bond motifs is 3. The first kappa shape index (κ1) is 21.5. The SMILES string of the molecule is C#C[C@@]1(C)C[C@@H](C(=O)O)N(C(=O)CNC(=O)c2ccc3c(c2)-c2ccccc2C3(F)F)C1. The summed E-state index contributed by atoms with van der Waals surface area (Å²) < 4.78 is 29.3. The van der Waals surface area contributed by atoms with Gasteiger partial charge in [-0.05, 0) is 36.6 Å². The summed E-state index contributed by atoms with van der Waals surface area (Å²) in [6.45, 7) is 1.33. The van der Waals surface area contributed by atoms with Gasteiger partial charge in [-0.2, -0.15) is 8.78 Å². The molecular weight excluding hydrogens is 418 g/mol. The van der Waals surface area contributed by atoms with Crippen molar-refractivity contribution in [3.8, 4) is 23.5 Å². The highest BCUT2D eigenvalue weighted by atomic mass is 19.3. The third-order valence-electron chi connectivity index (χ3n) is 6.07. The Balaban J connectivity index is 1.50. The van der Waals surface area contributed by atoms with Crippen molar-refractivity contribution in [1.82, 2.24) is 10.2 Å². The van der Waals surface area contributed by atoms with Crippen LogP contribution >= 0.6 is 0 Å². The van der Waals surface area contributed by atoms with Crippen molar-refractivity contribution < 1.29 is 28.3 Å². The number of amides is 2. The first-order valence-electron chi connectivity index (χ1n) is 9.98. The molecule has 1 saturated heterocycles. The molecule has 2 aromatic carbocycles. The highest BCUT2D eigenvalue weighted by Crippen LogP contribution is 2.50. The Morgan fingerprint density at radius 3 is 2.56 bits per heavy atom. The van der Waals surface area contributed by atoms with Crippen molar-refractivity contribution in [1.29, 1.82) is 0 Å². The summed E-state index contributed by atoms with van der Waals surface area (Å²) in [7, 11) is 0. The molecule has 2 aromatic rings. The van der Waals surface area contributed by atoms with Crippen molar-refractivity contribution in [3.05, 3.63) is 59.2 Å². The molecule has 2 amide bonds. The van der Waals surface area contributed by atoms with E-state index in [1.54, 1.807) is 19.1 Å². The minimum Gasteiger partial charge on any atom is -0.480 e. The number of carbonyl (C=O) groups excluding carboxylic acids is 2. The molecule has 2 aliphatic rings. The Labute approximate surface area is 183 Å². The van der Waals surface area contributed by atoms with E-state index < -0.39 is 41.7 Å². The molecule has 8 heteroatoms. The number of alkyl halides is 2.